The summed E-state index contributed by atoms with van der Waals surface area (Å²) in [6.45, 7) is 9.43. The number of imidazole rings is 1. The van der Waals surface area contributed by atoms with Crippen LogP contribution in [-0.4, -0.2) is 21.3 Å². The third kappa shape index (κ3) is 4.52. The number of ether oxygens (including phenoxy) is 1. The topological polar surface area (TPSA) is 47.3 Å². The van der Waals surface area contributed by atoms with Crippen LogP contribution in [0.5, 0.6) is 5.75 Å². The molecule has 32 heavy (non-hydrogen) atoms. The number of hydrogen-bond donors (Lipinski definition) is 1. The van der Waals surface area contributed by atoms with Gasteiger partial charge in [0.25, 0.3) is 0 Å². The van der Waals surface area contributed by atoms with E-state index in [0.29, 0.717) is 19.0 Å². The van der Waals surface area contributed by atoms with Gasteiger partial charge in [-0.3, -0.25) is 0 Å². The lowest BCUT2D eigenvalue weighted by atomic mass is 10.1. The maximum Gasteiger partial charge on any atom is 0.143 e. The number of aryl methyl sites for hydroxylation is 5. The molecule has 0 saturated heterocycles. The van der Waals surface area contributed by atoms with E-state index in [0.717, 1.165) is 44.9 Å². The summed E-state index contributed by atoms with van der Waals surface area (Å²) in [5, 5.41) is 11.9. The van der Waals surface area contributed by atoms with E-state index in [1.54, 1.807) is 0 Å². The number of hydrogen-bond acceptors (Lipinski definition) is 3. The minimum absolute atomic E-state index is 0.561. The summed E-state index contributed by atoms with van der Waals surface area (Å²) >= 11 is 6.27. The minimum Gasteiger partial charge on any atom is -0.494 e. The molecule has 0 saturated carbocycles. The average Bonchev–Trinajstić information content (AvgIpc) is 3.12. The molecule has 5 heteroatoms. The van der Waals surface area contributed by atoms with Crippen molar-refractivity contribution in [3.8, 4) is 5.75 Å². The van der Waals surface area contributed by atoms with Crippen molar-refractivity contribution in [2.75, 3.05) is 6.61 Å². The Kier molecular flexibility index (Phi) is 6.54. The lowest BCUT2D eigenvalue weighted by Gasteiger charge is -2.15. The average molecular weight is 449 g/mol. The highest BCUT2D eigenvalue weighted by Crippen LogP contribution is 2.29. The van der Waals surface area contributed by atoms with Crippen LogP contribution in [0.3, 0.4) is 0 Å². The molecule has 1 aromatic heterocycles. The van der Waals surface area contributed by atoms with Crippen molar-refractivity contribution in [3.63, 3.8) is 0 Å². The van der Waals surface area contributed by atoms with Crippen LogP contribution in [0.1, 0.15) is 46.2 Å². The summed E-state index contributed by atoms with van der Waals surface area (Å²) in [7, 11) is 0. The predicted molar refractivity (Wildman–Crippen MR) is 131 cm³/mol. The van der Waals surface area contributed by atoms with E-state index >= 15 is 0 Å². The zero-order valence-corrected chi connectivity index (χ0v) is 19.8. The number of fused-ring (bicyclic) bond motifs is 1. The van der Waals surface area contributed by atoms with Crippen LogP contribution < -0.4 is 4.74 Å². The molecule has 0 aliphatic rings. The van der Waals surface area contributed by atoms with Gasteiger partial charge in [-0.05, 0) is 86.2 Å². The van der Waals surface area contributed by atoms with Crippen LogP contribution in [0.4, 0.5) is 0 Å². The molecular formula is C27H29ClN2O2. The first-order valence-electron chi connectivity index (χ1n) is 10.9. The smallest absolute Gasteiger partial charge is 0.143 e. The zero-order valence-electron chi connectivity index (χ0n) is 19.0. The fourth-order valence-corrected chi connectivity index (χ4v) is 4.14. The maximum absolute atomic E-state index is 11.1. The van der Waals surface area contributed by atoms with Crippen molar-refractivity contribution < 1.29 is 9.84 Å². The Morgan fingerprint density at radius 1 is 0.938 bits per heavy atom. The Labute approximate surface area is 194 Å². The summed E-state index contributed by atoms with van der Waals surface area (Å²) < 4.78 is 8.13. The fourth-order valence-electron chi connectivity index (χ4n) is 4.03. The summed E-state index contributed by atoms with van der Waals surface area (Å²) in [5.41, 5.74) is 7.21. The van der Waals surface area contributed by atoms with Gasteiger partial charge in [-0.25, -0.2) is 4.98 Å². The molecule has 1 atom stereocenters. The van der Waals surface area contributed by atoms with Crippen molar-refractivity contribution in [2.45, 2.75) is 46.8 Å². The molecule has 0 radical (unpaired) electrons. The Balaban J connectivity index is 1.58. The first-order valence-corrected chi connectivity index (χ1v) is 11.3. The van der Waals surface area contributed by atoms with Gasteiger partial charge >= 0.3 is 0 Å². The highest BCUT2D eigenvalue weighted by Gasteiger charge is 2.20. The monoisotopic (exact) mass is 448 g/mol. The molecule has 0 bridgehead atoms. The van der Waals surface area contributed by atoms with Gasteiger partial charge in [-0.15, -0.1) is 0 Å². The van der Waals surface area contributed by atoms with Crippen molar-refractivity contribution in [2.24, 2.45) is 0 Å². The van der Waals surface area contributed by atoms with Crippen LogP contribution in [0.2, 0.25) is 5.02 Å². The maximum atomic E-state index is 11.1. The Bertz CT molecular complexity index is 1220. The summed E-state index contributed by atoms with van der Waals surface area (Å²) in [6, 6.07) is 17.9. The van der Waals surface area contributed by atoms with Crippen molar-refractivity contribution >= 4 is 22.6 Å². The van der Waals surface area contributed by atoms with Gasteiger partial charge in [0.2, 0.25) is 0 Å². The molecule has 0 spiro atoms. The van der Waals surface area contributed by atoms with E-state index in [-0.39, 0.29) is 0 Å². The Hall–Kier alpha value is -2.82. The third-order valence-electron chi connectivity index (χ3n) is 5.96. The molecule has 4 nitrogen and oxygen atoms in total. The van der Waals surface area contributed by atoms with E-state index in [2.05, 4.69) is 30.5 Å². The van der Waals surface area contributed by atoms with Crippen molar-refractivity contribution in [1.82, 2.24) is 9.55 Å². The second-order valence-electron chi connectivity index (χ2n) is 8.43. The van der Waals surface area contributed by atoms with Gasteiger partial charge in [-0.1, -0.05) is 41.9 Å². The standard InChI is InChI=1S/C27H29ClN2O2/c1-17-15-23-24(16-18(17)2)30(27(29-23)26(31)21-9-6-5-7-10-21)11-8-12-32-22-13-19(3)25(28)20(4)14-22/h5-7,9-10,13-16,26,31H,8,11-12H2,1-4H3. The zero-order chi connectivity index (χ0) is 22.8. The van der Waals surface area contributed by atoms with E-state index in [1.807, 2.05) is 56.3 Å². The normalized spacial score (nSPS) is 12.3. The van der Waals surface area contributed by atoms with Crippen LogP contribution in [0, 0.1) is 27.7 Å². The molecule has 3 aromatic carbocycles. The number of rotatable bonds is 7. The van der Waals surface area contributed by atoms with E-state index in [9.17, 15) is 5.11 Å². The van der Waals surface area contributed by atoms with Crippen LogP contribution >= 0.6 is 11.6 Å². The highest BCUT2D eigenvalue weighted by atomic mass is 35.5. The molecule has 0 fully saturated rings. The Morgan fingerprint density at radius 3 is 2.28 bits per heavy atom. The first kappa shape index (κ1) is 22.4. The van der Waals surface area contributed by atoms with Crippen molar-refractivity contribution in [1.29, 1.82) is 0 Å². The predicted octanol–water partition coefficient (Wildman–Crippen LogP) is 6.47. The summed E-state index contributed by atoms with van der Waals surface area (Å²) in [4.78, 5) is 4.82. The molecule has 166 valence electrons. The molecule has 4 rings (SSSR count). The molecule has 1 N–H and O–H groups in total. The highest BCUT2D eigenvalue weighted by molar-refractivity contribution is 6.32. The second kappa shape index (κ2) is 9.35. The third-order valence-corrected chi connectivity index (χ3v) is 6.55. The van der Waals surface area contributed by atoms with E-state index in [1.165, 1.54) is 11.1 Å². The summed E-state index contributed by atoms with van der Waals surface area (Å²) in [6.07, 6.45) is -0.000135. The lowest BCUT2D eigenvalue weighted by molar-refractivity contribution is 0.203. The number of nitrogens with zero attached hydrogens (tertiary/aromatic N) is 2. The largest absolute Gasteiger partial charge is 0.494 e. The van der Waals surface area contributed by atoms with Gasteiger partial charge < -0.3 is 14.4 Å². The minimum atomic E-state index is -0.785. The number of aliphatic hydroxyl groups is 1. The molecule has 1 unspecified atom stereocenters. The number of benzene rings is 3. The molecule has 0 amide bonds. The van der Waals surface area contributed by atoms with Gasteiger partial charge in [0.1, 0.15) is 17.7 Å². The fraction of sp³-hybridized carbons (Fsp3) is 0.296. The van der Waals surface area contributed by atoms with E-state index in [4.69, 9.17) is 21.3 Å². The van der Waals surface area contributed by atoms with Gasteiger partial charge in [0.15, 0.2) is 0 Å². The summed E-state index contributed by atoms with van der Waals surface area (Å²) in [5.74, 6) is 1.49. The molecular weight excluding hydrogens is 420 g/mol. The molecule has 0 aliphatic heterocycles. The van der Waals surface area contributed by atoms with Crippen LogP contribution in [0.15, 0.2) is 54.6 Å². The van der Waals surface area contributed by atoms with E-state index < -0.39 is 6.10 Å². The second-order valence-corrected chi connectivity index (χ2v) is 8.81. The van der Waals surface area contributed by atoms with Gasteiger partial charge in [0.05, 0.1) is 17.6 Å². The van der Waals surface area contributed by atoms with Gasteiger partial charge in [-0.2, -0.15) is 0 Å². The quantitative estimate of drug-likeness (QED) is 0.329. The molecule has 1 heterocycles. The molecule has 4 aromatic rings. The number of aliphatic hydroxyl groups excluding tert-OH is 1. The van der Waals surface area contributed by atoms with Crippen LogP contribution in [-0.2, 0) is 6.54 Å². The Morgan fingerprint density at radius 2 is 1.59 bits per heavy atom. The SMILES string of the molecule is Cc1cc2nc(C(O)c3ccccc3)n(CCCOc3cc(C)c(Cl)c(C)c3)c2cc1C. The first-order chi connectivity index (χ1) is 15.3. The number of aromatic nitrogens is 2. The number of halogens is 1. The molecule has 0 aliphatic carbocycles. The van der Waals surface area contributed by atoms with Gasteiger partial charge in [0, 0.05) is 11.6 Å². The van der Waals surface area contributed by atoms with Crippen molar-refractivity contribution in [3.05, 3.63) is 93.3 Å². The van der Waals surface area contributed by atoms with Crippen LogP contribution in [0.25, 0.3) is 11.0 Å². The lowest BCUT2D eigenvalue weighted by Crippen LogP contribution is -2.12.